The molecule has 0 unspecified atom stereocenters. The SMILES string of the molecule is Cc1ccc(-c2ccc(C)c(Cl)c2)cc1Cl. The Hall–Kier alpha value is -0.980. The Morgan fingerprint density at radius 1 is 0.688 bits per heavy atom. The second kappa shape index (κ2) is 4.48. The van der Waals surface area contributed by atoms with E-state index in [2.05, 4.69) is 12.1 Å². The van der Waals surface area contributed by atoms with Gasteiger partial charge in [-0.2, -0.15) is 0 Å². The lowest BCUT2D eigenvalue weighted by Crippen LogP contribution is -1.82. The van der Waals surface area contributed by atoms with Crippen LogP contribution in [0.1, 0.15) is 11.1 Å². The van der Waals surface area contributed by atoms with Crippen LogP contribution in [-0.4, -0.2) is 0 Å². The molecule has 2 aromatic carbocycles. The summed E-state index contributed by atoms with van der Waals surface area (Å²) in [7, 11) is 0. The van der Waals surface area contributed by atoms with Gasteiger partial charge < -0.3 is 0 Å². The molecular formula is C14H12Cl2. The first-order valence-electron chi connectivity index (χ1n) is 5.10. The molecule has 0 aliphatic heterocycles. The smallest absolute Gasteiger partial charge is 0.0441 e. The van der Waals surface area contributed by atoms with Crippen LogP contribution in [0.5, 0.6) is 0 Å². The molecule has 0 aliphatic carbocycles. The van der Waals surface area contributed by atoms with Crippen LogP contribution >= 0.6 is 23.2 Å². The van der Waals surface area contributed by atoms with Gasteiger partial charge in [-0.15, -0.1) is 0 Å². The molecule has 82 valence electrons. The van der Waals surface area contributed by atoms with E-state index in [0.29, 0.717) is 0 Å². The van der Waals surface area contributed by atoms with Gasteiger partial charge in [0.15, 0.2) is 0 Å². The zero-order chi connectivity index (χ0) is 11.7. The third-order valence-electron chi connectivity index (χ3n) is 2.68. The van der Waals surface area contributed by atoms with Gasteiger partial charge in [-0.3, -0.25) is 0 Å². The molecule has 0 spiro atoms. The maximum absolute atomic E-state index is 6.10. The van der Waals surface area contributed by atoms with Gasteiger partial charge in [0.05, 0.1) is 0 Å². The highest BCUT2D eigenvalue weighted by Crippen LogP contribution is 2.28. The lowest BCUT2D eigenvalue weighted by atomic mass is 10.0. The van der Waals surface area contributed by atoms with Gasteiger partial charge >= 0.3 is 0 Å². The normalized spacial score (nSPS) is 10.5. The summed E-state index contributed by atoms with van der Waals surface area (Å²) in [6.45, 7) is 3.99. The molecule has 0 nitrogen and oxygen atoms in total. The van der Waals surface area contributed by atoms with Crippen LogP contribution in [0.4, 0.5) is 0 Å². The summed E-state index contributed by atoms with van der Waals surface area (Å²) in [6, 6.07) is 12.1. The summed E-state index contributed by atoms with van der Waals surface area (Å²) in [5.41, 5.74) is 4.36. The molecule has 0 aromatic heterocycles. The third-order valence-corrected chi connectivity index (χ3v) is 3.49. The fourth-order valence-electron chi connectivity index (χ4n) is 1.54. The number of halogens is 2. The predicted octanol–water partition coefficient (Wildman–Crippen LogP) is 5.28. The first-order valence-corrected chi connectivity index (χ1v) is 5.86. The Kier molecular flexibility index (Phi) is 3.22. The standard InChI is InChI=1S/C14H12Cl2/c1-9-3-5-11(7-13(9)15)12-6-4-10(2)14(16)8-12/h3-8H,1-2H3. The third kappa shape index (κ3) is 2.23. The zero-order valence-electron chi connectivity index (χ0n) is 9.22. The van der Waals surface area contributed by atoms with Crippen molar-refractivity contribution in [3.8, 4) is 11.1 Å². The van der Waals surface area contributed by atoms with Gasteiger partial charge in [0, 0.05) is 10.0 Å². The van der Waals surface area contributed by atoms with Crippen molar-refractivity contribution in [1.29, 1.82) is 0 Å². The van der Waals surface area contributed by atoms with Gasteiger partial charge in [0.1, 0.15) is 0 Å². The van der Waals surface area contributed by atoms with Crippen molar-refractivity contribution >= 4 is 23.2 Å². The summed E-state index contributed by atoms with van der Waals surface area (Å²) >= 11 is 12.2. The summed E-state index contributed by atoms with van der Waals surface area (Å²) in [5.74, 6) is 0. The fourth-order valence-corrected chi connectivity index (χ4v) is 1.91. The summed E-state index contributed by atoms with van der Waals surface area (Å²) in [4.78, 5) is 0. The van der Waals surface area contributed by atoms with Gasteiger partial charge in [-0.05, 0) is 48.2 Å². The molecule has 0 N–H and O–H groups in total. The number of aryl methyl sites for hydroxylation is 2. The molecule has 0 heterocycles. The number of hydrogen-bond donors (Lipinski definition) is 0. The Morgan fingerprint density at radius 2 is 1.06 bits per heavy atom. The first-order chi connectivity index (χ1) is 7.58. The zero-order valence-corrected chi connectivity index (χ0v) is 10.7. The van der Waals surface area contributed by atoms with E-state index >= 15 is 0 Å². The van der Waals surface area contributed by atoms with Crippen LogP contribution in [0.3, 0.4) is 0 Å². The Morgan fingerprint density at radius 3 is 1.38 bits per heavy atom. The lowest BCUT2D eigenvalue weighted by molar-refractivity contribution is 1.44. The van der Waals surface area contributed by atoms with Crippen molar-refractivity contribution in [2.24, 2.45) is 0 Å². The molecule has 0 amide bonds. The monoisotopic (exact) mass is 250 g/mol. The van der Waals surface area contributed by atoms with E-state index < -0.39 is 0 Å². The molecule has 0 bridgehead atoms. The fraction of sp³-hybridized carbons (Fsp3) is 0.143. The lowest BCUT2D eigenvalue weighted by Gasteiger charge is -2.06. The van der Waals surface area contributed by atoms with E-state index in [9.17, 15) is 0 Å². The van der Waals surface area contributed by atoms with Crippen LogP contribution in [0, 0.1) is 13.8 Å². The van der Waals surface area contributed by atoms with Crippen molar-refractivity contribution in [3.63, 3.8) is 0 Å². The van der Waals surface area contributed by atoms with E-state index in [4.69, 9.17) is 23.2 Å². The molecule has 0 atom stereocenters. The molecule has 2 heteroatoms. The molecule has 0 aliphatic rings. The van der Waals surface area contributed by atoms with E-state index in [-0.39, 0.29) is 0 Å². The molecule has 2 rings (SSSR count). The average molecular weight is 251 g/mol. The highest BCUT2D eigenvalue weighted by atomic mass is 35.5. The number of benzene rings is 2. The summed E-state index contributed by atoms with van der Waals surface area (Å²) < 4.78 is 0. The first kappa shape index (κ1) is 11.5. The van der Waals surface area contributed by atoms with Crippen LogP contribution in [-0.2, 0) is 0 Å². The van der Waals surface area contributed by atoms with Crippen molar-refractivity contribution in [2.75, 3.05) is 0 Å². The van der Waals surface area contributed by atoms with Crippen LogP contribution < -0.4 is 0 Å². The molecule has 0 fully saturated rings. The van der Waals surface area contributed by atoms with Crippen molar-refractivity contribution in [1.82, 2.24) is 0 Å². The van der Waals surface area contributed by atoms with Crippen LogP contribution in [0.25, 0.3) is 11.1 Å². The van der Waals surface area contributed by atoms with Gasteiger partial charge in [0.2, 0.25) is 0 Å². The van der Waals surface area contributed by atoms with Crippen LogP contribution in [0.15, 0.2) is 36.4 Å². The van der Waals surface area contributed by atoms with Gasteiger partial charge in [-0.25, -0.2) is 0 Å². The largest absolute Gasteiger partial charge is 0.0840 e. The molecular weight excluding hydrogens is 239 g/mol. The predicted molar refractivity (Wildman–Crippen MR) is 71.4 cm³/mol. The van der Waals surface area contributed by atoms with Crippen molar-refractivity contribution in [2.45, 2.75) is 13.8 Å². The topological polar surface area (TPSA) is 0 Å². The minimum absolute atomic E-state index is 0.786. The minimum atomic E-state index is 0.786. The van der Waals surface area contributed by atoms with Gasteiger partial charge in [-0.1, -0.05) is 47.5 Å². The molecule has 0 radical (unpaired) electrons. The minimum Gasteiger partial charge on any atom is -0.0840 e. The highest BCUT2D eigenvalue weighted by Gasteiger charge is 2.03. The maximum Gasteiger partial charge on any atom is 0.0441 e. The average Bonchev–Trinajstić information content (AvgIpc) is 2.26. The van der Waals surface area contributed by atoms with E-state index in [1.807, 2.05) is 38.1 Å². The van der Waals surface area contributed by atoms with Crippen LogP contribution in [0.2, 0.25) is 10.0 Å². The second-order valence-electron chi connectivity index (χ2n) is 3.93. The second-order valence-corrected chi connectivity index (χ2v) is 4.74. The summed E-state index contributed by atoms with van der Waals surface area (Å²) in [5, 5.41) is 1.57. The van der Waals surface area contributed by atoms with E-state index in [1.165, 1.54) is 0 Å². The quantitative estimate of drug-likeness (QED) is 0.647. The Balaban J connectivity index is 2.50. The highest BCUT2D eigenvalue weighted by molar-refractivity contribution is 6.32. The molecule has 0 saturated heterocycles. The Bertz CT molecular complexity index is 481. The van der Waals surface area contributed by atoms with E-state index in [0.717, 1.165) is 32.3 Å². The summed E-state index contributed by atoms with van der Waals surface area (Å²) in [6.07, 6.45) is 0. The number of hydrogen-bond acceptors (Lipinski definition) is 0. The van der Waals surface area contributed by atoms with E-state index in [1.54, 1.807) is 0 Å². The Labute approximate surface area is 106 Å². The molecule has 0 saturated carbocycles. The molecule has 2 aromatic rings. The van der Waals surface area contributed by atoms with Gasteiger partial charge in [0.25, 0.3) is 0 Å². The van der Waals surface area contributed by atoms with Crippen molar-refractivity contribution < 1.29 is 0 Å². The maximum atomic E-state index is 6.10. The molecule has 16 heavy (non-hydrogen) atoms. The number of rotatable bonds is 1. The van der Waals surface area contributed by atoms with Crippen molar-refractivity contribution in [3.05, 3.63) is 57.6 Å².